The Morgan fingerprint density at radius 3 is 2.58 bits per heavy atom. The monoisotopic (exact) mass is 360 g/mol. The largest absolute Gasteiger partial charge is 0.379 e. The number of nitrogens with zero attached hydrogens (tertiary/aromatic N) is 3. The predicted molar refractivity (Wildman–Crippen MR) is 103 cm³/mol. The van der Waals surface area contributed by atoms with Crippen molar-refractivity contribution in [3.63, 3.8) is 0 Å². The van der Waals surface area contributed by atoms with Gasteiger partial charge in [-0.2, -0.15) is 0 Å². The summed E-state index contributed by atoms with van der Waals surface area (Å²) >= 11 is 0. The number of piperazine rings is 1. The van der Waals surface area contributed by atoms with Gasteiger partial charge in [-0.15, -0.1) is 0 Å². The predicted octanol–water partition coefficient (Wildman–Crippen LogP) is 1.54. The van der Waals surface area contributed by atoms with Crippen LogP contribution >= 0.6 is 0 Å². The Balaban J connectivity index is 1.37. The molecular formula is C20H32N4O2. The molecule has 2 amide bonds. The summed E-state index contributed by atoms with van der Waals surface area (Å²) in [5, 5.41) is 3.11. The SMILES string of the molecule is Cc1cccc(CN2CCN(C(=O)NCC(C)N3CCOCC3)CC2)c1. The summed E-state index contributed by atoms with van der Waals surface area (Å²) in [6, 6.07) is 9.09. The van der Waals surface area contributed by atoms with E-state index in [0.717, 1.165) is 59.0 Å². The lowest BCUT2D eigenvalue weighted by Crippen LogP contribution is -2.54. The van der Waals surface area contributed by atoms with Crippen molar-refractivity contribution in [3.8, 4) is 0 Å². The van der Waals surface area contributed by atoms with E-state index in [1.807, 2.05) is 4.90 Å². The number of aryl methyl sites for hydroxylation is 1. The number of amides is 2. The van der Waals surface area contributed by atoms with Gasteiger partial charge in [0.2, 0.25) is 0 Å². The molecule has 0 aromatic heterocycles. The first-order valence-corrected chi connectivity index (χ1v) is 9.74. The highest BCUT2D eigenvalue weighted by Gasteiger charge is 2.22. The number of carbonyl (C=O) groups is 1. The van der Waals surface area contributed by atoms with Crippen LogP contribution in [-0.4, -0.2) is 85.8 Å². The van der Waals surface area contributed by atoms with Gasteiger partial charge in [0.15, 0.2) is 0 Å². The maximum Gasteiger partial charge on any atom is 0.317 e. The summed E-state index contributed by atoms with van der Waals surface area (Å²) in [5.74, 6) is 0. The summed E-state index contributed by atoms with van der Waals surface area (Å²) in [6.45, 7) is 12.9. The van der Waals surface area contributed by atoms with Crippen LogP contribution in [0.15, 0.2) is 24.3 Å². The first kappa shape index (κ1) is 19.1. The second-order valence-corrected chi connectivity index (χ2v) is 7.44. The third-order valence-electron chi connectivity index (χ3n) is 5.37. The van der Waals surface area contributed by atoms with Crippen molar-refractivity contribution in [3.05, 3.63) is 35.4 Å². The molecule has 6 nitrogen and oxygen atoms in total. The van der Waals surface area contributed by atoms with Gasteiger partial charge in [-0.1, -0.05) is 29.8 Å². The number of ether oxygens (including phenoxy) is 1. The molecule has 0 saturated carbocycles. The van der Waals surface area contributed by atoms with Gasteiger partial charge in [0, 0.05) is 58.4 Å². The maximum atomic E-state index is 12.4. The number of carbonyl (C=O) groups excluding carboxylic acids is 1. The minimum absolute atomic E-state index is 0.0697. The van der Waals surface area contributed by atoms with Crippen molar-refractivity contribution < 1.29 is 9.53 Å². The third kappa shape index (κ3) is 5.43. The standard InChI is InChI=1S/C20H32N4O2/c1-17-4-3-5-19(14-17)16-22-6-8-24(9-7-22)20(25)21-15-18(2)23-10-12-26-13-11-23/h3-5,14,18H,6-13,15-16H2,1-2H3,(H,21,25). The van der Waals surface area contributed by atoms with E-state index in [1.54, 1.807) is 0 Å². The fourth-order valence-corrected chi connectivity index (χ4v) is 3.67. The molecule has 2 aliphatic rings. The molecule has 26 heavy (non-hydrogen) atoms. The minimum Gasteiger partial charge on any atom is -0.379 e. The number of morpholine rings is 1. The molecule has 3 rings (SSSR count). The zero-order valence-electron chi connectivity index (χ0n) is 16.1. The van der Waals surface area contributed by atoms with Crippen molar-refractivity contribution >= 4 is 6.03 Å². The van der Waals surface area contributed by atoms with Crippen LogP contribution in [0.2, 0.25) is 0 Å². The normalized spacial score (nSPS) is 20.8. The van der Waals surface area contributed by atoms with E-state index in [0.29, 0.717) is 12.6 Å². The average molecular weight is 361 g/mol. The fraction of sp³-hybridized carbons (Fsp3) is 0.650. The molecule has 0 bridgehead atoms. The number of nitrogens with one attached hydrogen (secondary N) is 1. The molecule has 6 heteroatoms. The molecule has 2 fully saturated rings. The van der Waals surface area contributed by atoms with Gasteiger partial charge in [-0.3, -0.25) is 9.80 Å². The van der Waals surface area contributed by atoms with Crippen LogP contribution in [-0.2, 0) is 11.3 Å². The third-order valence-corrected chi connectivity index (χ3v) is 5.37. The van der Waals surface area contributed by atoms with E-state index in [1.165, 1.54) is 11.1 Å². The van der Waals surface area contributed by atoms with Gasteiger partial charge in [-0.05, 0) is 19.4 Å². The highest BCUT2D eigenvalue weighted by atomic mass is 16.5. The Morgan fingerprint density at radius 2 is 1.88 bits per heavy atom. The Hall–Kier alpha value is -1.63. The molecule has 144 valence electrons. The van der Waals surface area contributed by atoms with Gasteiger partial charge in [-0.25, -0.2) is 4.79 Å². The first-order valence-electron chi connectivity index (χ1n) is 9.74. The molecule has 1 unspecified atom stereocenters. The topological polar surface area (TPSA) is 48.0 Å². The lowest BCUT2D eigenvalue weighted by atomic mass is 10.1. The first-order chi connectivity index (χ1) is 12.6. The Bertz CT molecular complexity index is 581. The number of hydrogen-bond donors (Lipinski definition) is 1. The molecule has 0 aliphatic carbocycles. The summed E-state index contributed by atoms with van der Waals surface area (Å²) in [4.78, 5) is 19.2. The van der Waals surface area contributed by atoms with Crippen molar-refractivity contribution in [1.82, 2.24) is 20.0 Å². The van der Waals surface area contributed by atoms with Crippen molar-refractivity contribution in [2.75, 3.05) is 59.0 Å². The smallest absolute Gasteiger partial charge is 0.317 e. The van der Waals surface area contributed by atoms with Crippen LogP contribution in [0, 0.1) is 6.92 Å². The molecule has 1 aromatic rings. The van der Waals surface area contributed by atoms with Crippen LogP contribution < -0.4 is 5.32 Å². The highest BCUT2D eigenvalue weighted by Crippen LogP contribution is 2.10. The molecule has 1 atom stereocenters. The van der Waals surface area contributed by atoms with Crippen LogP contribution in [0.4, 0.5) is 4.79 Å². The summed E-state index contributed by atoms with van der Waals surface area (Å²) in [6.07, 6.45) is 0. The average Bonchev–Trinajstić information content (AvgIpc) is 2.67. The van der Waals surface area contributed by atoms with Crippen molar-refractivity contribution in [1.29, 1.82) is 0 Å². The highest BCUT2D eigenvalue weighted by molar-refractivity contribution is 5.74. The Kier molecular flexibility index (Phi) is 6.88. The summed E-state index contributed by atoms with van der Waals surface area (Å²) in [5.41, 5.74) is 2.65. The molecular weight excluding hydrogens is 328 g/mol. The van der Waals surface area contributed by atoms with E-state index in [2.05, 4.69) is 53.2 Å². The quantitative estimate of drug-likeness (QED) is 0.865. The van der Waals surface area contributed by atoms with Gasteiger partial charge < -0.3 is 15.0 Å². The second kappa shape index (κ2) is 9.35. The van der Waals surface area contributed by atoms with Gasteiger partial charge in [0.05, 0.1) is 13.2 Å². The molecule has 2 saturated heterocycles. The molecule has 0 spiro atoms. The van der Waals surface area contributed by atoms with Crippen LogP contribution in [0.5, 0.6) is 0 Å². The van der Waals surface area contributed by atoms with E-state index in [4.69, 9.17) is 4.74 Å². The van der Waals surface area contributed by atoms with Gasteiger partial charge in [0.1, 0.15) is 0 Å². The molecule has 1 N–H and O–H groups in total. The number of benzene rings is 1. The second-order valence-electron chi connectivity index (χ2n) is 7.44. The zero-order chi connectivity index (χ0) is 18.4. The fourth-order valence-electron chi connectivity index (χ4n) is 3.67. The molecule has 0 radical (unpaired) electrons. The Morgan fingerprint density at radius 1 is 1.15 bits per heavy atom. The maximum absolute atomic E-state index is 12.4. The summed E-state index contributed by atoms with van der Waals surface area (Å²) in [7, 11) is 0. The number of urea groups is 1. The van der Waals surface area contributed by atoms with E-state index in [9.17, 15) is 4.79 Å². The van der Waals surface area contributed by atoms with Crippen LogP contribution in [0.3, 0.4) is 0 Å². The van der Waals surface area contributed by atoms with Crippen LogP contribution in [0.25, 0.3) is 0 Å². The van der Waals surface area contributed by atoms with E-state index in [-0.39, 0.29) is 6.03 Å². The molecule has 2 aliphatic heterocycles. The Labute approximate surface area is 157 Å². The zero-order valence-corrected chi connectivity index (χ0v) is 16.1. The van der Waals surface area contributed by atoms with Crippen molar-refractivity contribution in [2.45, 2.75) is 26.4 Å². The molecule has 2 heterocycles. The van der Waals surface area contributed by atoms with E-state index < -0.39 is 0 Å². The lowest BCUT2D eigenvalue weighted by molar-refractivity contribution is 0.0205. The summed E-state index contributed by atoms with van der Waals surface area (Å²) < 4.78 is 5.39. The minimum atomic E-state index is 0.0697. The lowest BCUT2D eigenvalue weighted by Gasteiger charge is -2.36. The van der Waals surface area contributed by atoms with Gasteiger partial charge in [0.25, 0.3) is 0 Å². The van der Waals surface area contributed by atoms with Crippen LogP contribution in [0.1, 0.15) is 18.1 Å². The van der Waals surface area contributed by atoms with E-state index >= 15 is 0 Å². The molecule has 1 aromatic carbocycles. The number of hydrogen-bond acceptors (Lipinski definition) is 4. The van der Waals surface area contributed by atoms with Gasteiger partial charge >= 0.3 is 6.03 Å². The number of rotatable bonds is 5. The van der Waals surface area contributed by atoms with Crippen molar-refractivity contribution in [2.24, 2.45) is 0 Å².